The van der Waals surface area contributed by atoms with Gasteiger partial charge in [0.1, 0.15) is 0 Å². The number of piperidine rings is 1. The van der Waals surface area contributed by atoms with Gasteiger partial charge in [0, 0.05) is 33.0 Å². The molecular weight excluding hydrogens is 235 g/mol. The van der Waals surface area contributed by atoms with Crippen molar-refractivity contribution in [3.8, 4) is 0 Å². The molecule has 2 rings (SSSR count). The molecular formula is C13H17FN2O2. The Labute approximate surface area is 106 Å². The molecule has 0 aromatic carbocycles. The van der Waals surface area contributed by atoms with Crippen LogP contribution in [-0.4, -0.2) is 42.6 Å². The number of pyridine rings is 1. The van der Waals surface area contributed by atoms with E-state index in [0.29, 0.717) is 19.0 Å². The summed E-state index contributed by atoms with van der Waals surface area (Å²) in [5, 5.41) is 0. The van der Waals surface area contributed by atoms with Crippen molar-refractivity contribution >= 4 is 5.91 Å². The Hall–Kier alpha value is -1.49. The summed E-state index contributed by atoms with van der Waals surface area (Å²) in [6, 6.07) is 1.43. The van der Waals surface area contributed by atoms with Crippen molar-refractivity contribution in [3.05, 3.63) is 29.8 Å². The summed E-state index contributed by atoms with van der Waals surface area (Å²) < 4.78 is 18.6. The third-order valence-corrected chi connectivity index (χ3v) is 3.31. The van der Waals surface area contributed by atoms with Crippen molar-refractivity contribution in [2.75, 3.05) is 26.8 Å². The van der Waals surface area contributed by atoms with Crippen LogP contribution in [0.2, 0.25) is 0 Å². The van der Waals surface area contributed by atoms with Crippen LogP contribution in [0.5, 0.6) is 0 Å². The molecule has 0 bridgehead atoms. The molecule has 1 aliphatic rings. The van der Waals surface area contributed by atoms with Crippen LogP contribution in [0.1, 0.15) is 23.2 Å². The number of methoxy groups -OCH3 is 1. The van der Waals surface area contributed by atoms with E-state index in [1.54, 1.807) is 12.0 Å². The number of hydrogen-bond donors (Lipinski definition) is 0. The van der Waals surface area contributed by atoms with Crippen molar-refractivity contribution in [1.82, 2.24) is 9.88 Å². The van der Waals surface area contributed by atoms with Crippen LogP contribution in [0.3, 0.4) is 0 Å². The molecule has 0 saturated carbocycles. The molecule has 1 aromatic rings. The largest absolute Gasteiger partial charge is 0.384 e. The number of hydrogen-bond acceptors (Lipinski definition) is 3. The lowest BCUT2D eigenvalue weighted by atomic mass is 9.97. The van der Waals surface area contributed by atoms with Gasteiger partial charge in [-0.15, -0.1) is 0 Å². The minimum Gasteiger partial charge on any atom is -0.384 e. The first-order chi connectivity index (χ1) is 8.72. The fourth-order valence-corrected chi connectivity index (χ4v) is 2.26. The van der Waals surface area contributed by atoms with Crippen molar-refractivity contribution in [3.63, 3.8) is 0 Å². The number of ether oxygens (including phenoxy) is 1. The summed E-state index contributed by atoms with van der Waals surface area (Å²) in [6.45, 7) is 2.05. The number of aromatic nitrogens is 1. The Bertz CT molecular complexity index is 417. The minimum absolute atomic E-state index is 0.107. The van der Waals surface area contributed by atoms with Crippen LogP contribution in [-0.2, 0) is 4.74 Å². The normalized spacial score (nSPS) is 16.9. The van der Waals surface area contributed by atoms with E-state index in [4.69, 9.17) is 4.74 Å². The van der Waals surface area contributed by atoms with Crippen molar-refractivity contribution in [2.45, 2.75) is 12.8 Å². The van der Waals surface area contributed by atoms with Crippen LogP contribution in [0, 0.1) is 11.7 Å². The standard InChI is InChI=1S/C13H17FN2O2/c1-18-9-10-3-6-16(7-4-10)13(17)11-2-5-15-8-12(11)14/h2,5,8,10H,3-4,6-7,9H2,1H3. The summed E-state index contributed by atoms with van der Waals surface area (Å²) >= 11 is 0. The van der Waals surface area contributed by atoms with Crippen molar-refractivity contribution < 1.29 is 13.9 Å². The third-order valence-electron chi connectivity index (χ3n) is 3.31. The number of nitrogens with zero attached hydrogens (tertiary/aromatic N) is 2. The average molecular weight is 252 g/mol. The van der Waals surface area contributed by atoms with Crippen molar-refractivity contribution in [2.24, 2.45) is 5.92 Å². The minimum atomic E-state index is -0.554. The predicted octanol–water partition coefficient (Wildman–Crippen LogP) is 1.72. The third kappa shape index (κ3) is 2.85. The molecule has 0 radical (unpaired) electrons. The molecule has 2 heterocycles. The zero-order valence-corrected chi connectivity index (χ0v) is 10.4. The number of carbonyl (C=O) groups is 1. The highest BCUT2D eigenvalue weighted by Crippen LogP contribution is 2.19. The first-order valence-corrected chi connectivity index (χ1v) is 6.10. The smallest absolute Gasteiger partial charge is 0.256 e. The molecule has 0 atom stereocenters. The lowest BCUT2D eigenvalue weighted by molar-refractivity contribution is 0.0609. The quantitative estimate of drug-likeness (QED) is 0.822. The zero-order valence-electron chi connectivity index (χ0n) is 10.4. The number of carbonyl (C=O) groups excluding carboxylic acids is 1. The van der Waals surface area contributed by atoms with E-state index in [1.807, 2.05) is 0 Å². The Balaban J connectivity index is 1.98. The number of rotatable bonds is 3. The average Bonchev–Trinajstić information content (AvgIpc) is 2.40. The predicted molar refractivity (Wildman–Crippen MR) is 64.7 cm³/mol. The Morgan fingerprint density at radius 3 is 2.89 bits per heavy atom. The molecule has 0 N–H and O–H groups in total. The maximum atomic E-state index is 13.5. The molecule has 0 spiro atoms. The maximum absolute atomic E-state index is 13.5. The molecule has 98 valence electrons. The topological polar surface area (TPSA) is 42.4 Å². The highest BCUT2D eigenvalue weighted by molar-refractivity contribution is 5.94. The second-order valence-corrected chi connectivity index (χ2v) is 4.55. The zero-order chi connectivity index (χ0) is 13.0. The molecule has 1 aliphatic heterocycles. The molecule has 1 fully saturated rings. The molecule has 1 saturated heterocycles. The first kappa shape index (κ1) is 13.0. The molecule has 4 nitrogen and oxygen atoms in total. The van der Waals surface area contributed by atoms with Gasteiger partial charge in [-0.2, -0.15) is 0 Å². The van der Waals surface area contributed by atoms with Gasteiger partial charge < -0.3 is 9.64 Å². The van der Waals surface area contributed by atoms with E-state index in [2.05, 4.69) is 4.98 Å². The van der Waals surface area contributed by atoms with Gasteiger partial charge in [0.25, 0.3) is 5.91 Å². The van der Waals surface area contributed by atoms with Crippen LogP contribution >= 0.6 is 0 Å². The van der Waals surface area contributed by atoms with E-state index in [-0.39, 0.29) is 11.5 Å². The van der Waals surface area contributed by atoms with Crippen LogP contribution < -0.4 is 0 Å². The number of halogens is 1. The van der Waals surface area contributed by atoms with Crippen molar-refractivity contribution in [1.29, 1.82) is 0 Å². The van der Waals surface area contributed by atoms with E-state index in [9.17, 15) is 9.18 Å². The monoisotopic (exact) mass is 252 g/mol. The van der Waals surface area contributed by atoms with Gasteiger partial charge in [0.05, 0.1) is 11.8 Å². The summed E-state index contributed by atoms with van der Waals surface area (Å²) in [6.07, 6.45) is 4.33. The summed E-state index contributed by atoms with van der Waals surface area (Å²) in [4.78, 5) is 17.5. The van der Waals surface area contributed by atoms with Gasteiger partial charge in [-0.1, -0.05) is 0 Å². The van der Waals surface area contributed by atoms with E-state index in [1.165, 1.54) is 12.3 Å². The fourth-order valence-electron chi connectivity index (χ4n) is 2.26. The summed E-state index contributed by atoms with van der Waals surface area (Å²) in [5.41, 5.74) is 0.107. The number of likely N-dealkylation sites (tertiary alicyclic amines) is 1. The highest BCUT2D eigenvalue weighted by atomic mass is 19.1. The second kappa shape index (κ2) is 5.91. The van der Waals surface area contributed by atoms with Gasteiger partial charge in [0.15, 0.2) is 5.82 Å². The van der Waals surface area contributed by atoms with E-state index >= 15 is 0 Å². The Morgan fingerprint density at radius 1 is 1.56 bits per heavy atom. The SMILES string of the molecule is COCC1CCN(C(=O)c2ccncc2F)CC1. The second-order valence-electron chi connectivity index (χ2n) is 4.55. The fraction of sp³-hybridized carbons (Fsp3) is 0.538. The Morgan fingerprint density at radius 2 is 2.28 bits per heavy atom. The first-order valence-electron chi connectivity index (χ1n) is 6.10. The molecule has 1 amide bonds. The van der Waals surface area contributed by atoms with Crippen LogP contribution in [0.15, 0.2) is 18.5 Å². The van der Waals surface area contributed by atoms with Crippen LogP contribution in [0.4, 0.5) is 4.39 Å². The van der Waals surface area contributed by atoms with E-state index < -0.39 is 5.82 Å². The summed E-state index contributed by atoms with van der Waals surface area (Å²) in [5.74, 6) is -0.298. The molecule has 0 unspecified atom stereocenters. The maximum Gasteiger partial charge on any atom is 0.256 e. The molecule has 1 aromatic heterocycles. The Kier molecular flexibility index (Phi) is 4.25. The van der Waals surface area contributed by atoms with Gasteiger partial charge >= 0.3 is 0 Å². The molecule has 0 aliphatic carbocycles. The van der Waals surface area contributed by atoms with Crippen LogP contribution in [0.25, 0.3) is 0 Å². The number of amides is 1. The molecule has 5 heteroatoms. The van der Waals surface area contributed by atoms with E-state index in [0.717, 1.165) is 25.6 Å². The van der Waals surface area contributed by atoms with Gasteiger partial charge in [0.2, 0.25) is 0 Å². The highest BCUT2D eigenvalue weighted by Gasteiger charge is 2.25. The lowest BCUT2D eigenvalue weighted by Gasteiger charge is -2.31. The summed E-state index contributed by atoms with van der Waals surface area (Å²) in [7, 11) is 1.68. The van der Waals surface area contributed by atoms with Gasteiger partial charge in [-0.25, -0.2) is 4.39 Å². The van der Waals surface area contributed by atoms with Gasteiger partial charge in [-0.3, -0.25) is 9.78 Å². The molecule has 18 heavy (non-hydrogen) atoms. The van der Waals surface area contributed by atoms with Gasteiger partial charge in [-0.05, 0) is 24.8 Å². The lowest BCUT2D eigenvalue weighted by Crippen LogP contribution is -2.39.